The highest BCUT2D eigenvalue weighted by molar-refractivity contribution is 6.16. The molecule has 0 aliphatic rings. The number of hydrogen-bond donors (Lipinski definition) is 0. The number of hydrogen-bond acceptors (Lipinski definition) is 2. The maximum Gasteiger partial charge on any atom is 0.136 e. The highest BCUT2D eigenvalue weighted by atomic mass is 16.3. The number of nitrogens with zero attached hydrogens (tertiary/aromatic N) is 2. The Kier molecular flexibility index (Phi) is 6.41. The van der Waals surface area contributed by atoms with Gasteiger partial charge in [-0.15, -0.1) is 0 Å². The molecule has 0 fully saturated rings. The van der Waals surface area contributed by atoms with Gasteiger partial charge < -0.3 is 18.0 Å². The van der Waals surface area contributed by atoms with Gasteiger partial charge >= 0.3 is 0 Å². The third-order valence-corrected chi connectivity index (χ3v) is 12.1. The molecular formula is C54H32N2O2. The van der Waals surface area contributed by atoms with Crippen molar-refractivity contribution < 1.29 is 8.83 Å². The predicted molar refractivity (Wildman–Crippen MR) is 241 cm³/mol. The molecule has 4 aromatic heterocycles. The van der Waals surface area contributed by atoms with E-state index in [1.165, 1.54) is 43.6 Å². The summed E-state index contributed by atoms with van der Waals surface area (Å²) in [5.41, 5.74) is 15.0. The Morgan fingerprint density at radius 1 is 0.241 bits per heavy atom. The Hall–Kier alpha value is -7.82. The standard InChI is InChI=1S/C54H32N2O2/c1-5-19-47-39(15-1)40-16-2-6-20-48(40)55(47)37-13-9-11-33(27-37)35-23-25-43-45-31-54-46(32-53(45)57-51(43)29-35)44-26-24-36(30-52(44)58-54)34-12-10-14-38(28-34)56-49-21-7-3-17-41(49)42-18-4-8-22-50(42)56/h1-32H. The molecule has 0 radical (unpaired) electrons. The Morgan fingerprint density at radius 3 is 0.983 bits per heavy atom. The second-order valence-corrected chi connectivity index (χ2v) is 15.3. The van der Waals surface area contributed by atoms with E-state index in [1.54, 1.807) is 0 Å². The van der Waals surface area contributed by atoms with Crippen molar-refractivity contribution in [1.82, 2.24) is 9.13 Å². The topological polar surface area (TPSA) is 36.1 Å². The second kappa shape index (κ2) is 11.8. The Balaban J connectivity index is 0.874. The zero-order valence-corrected chi connectivity index (χ0v) is 31.2. The zero-order valence-electron chi connectivity index (χ0n) is 31.2. The van der Waals surface area contributed by atoms with Gasteiger partial charge in [-0.25, -0.2) is 0 Å². The van der Waals surface area contributed by atoms with Gasteiger partial charge in [0.05, 0.1) is 22.1 Å². The maximum atomic E-state index is 6.61. The molecule has 0 spiro atoms. The van der Waals surface area contributed by atoms with Crippen LogP contribution in [0.15, 0.2) is 203 Å². The van der Waals surface area contributed by atoms with Crippen molar-refractivity contribution >= 4 is 87.5 Å². The van der Waals surface area contributed by atoms with E-state index >= 15 is 0 Å². The molecule has 0 unspecified atom stereocenters. The Morgan fingerprint density at radius 2 is 0.586 bits per heavy atom. The fourth-order valence-electron chi connectivity index (χ4n) is 9.45. The lowest BCUT2D eigenvalue weighted by Gasteiger charge is -2.10. The molecule has 270 valence electrons. The normalized spacial score (nSPS) is 12.1. The van der Waals surface area contributed by atoms with E-state index in [0.717, 1.165) is 77.5 Å². The van der Waals surface area contributed by atoms with E-state index in [1.807, 2.05) is 0 Å². The molecule has 4 heteroatoms. The monoisotopic (exact) mass is 740 g/mol. The first-order chi connectivity index (χ1) is 28.7. The summed E-state index contributed by atoms with van der Waals surface area (Å²) < 4.78 is 17.9. The summed E-state index contributed by atoms with van der Waals surface area (Å²) in [4.78, 5) is 0. The highest BCUT2D eigenvalue weighted by Crippen LogP contribution is 2.40. The number of rotatable bonds is 4. The minimum absolute atomic E-state index is 0.851. The first-order valence-corrected chi connectivity index (χ1v) is 19.7. The summed E-state index contributed by atoms with van der Waals surface area (Å²) in [5, 5.41) is 9.27. The molecule has 0 amide bonds. The summed E-state index contributed by atoms with van der Waals surface area (Å²) in [7, 11) is 0. The lowest BCUT2D eigenvalue weighted by molar-refractivity contribution is 0.664. The van der Waals surface area contributed by atoms with Crippen LogP contribution in [-0.4, -0.2) is 9.13 Å². The molecule has 13 aromatic rings. The van der Waals surface area contributed by atoms with Gasteiger partial charge in [0.15, 0.2) is 0 Å². The quantitative estimate of drug-likeness (QED) is 0.180. The average Bonchev–Trinajstić information content (AvgIpc) is 4.02. The largest absolute Gasteiger partial charge is 0.456 e. The van der Waals surface area contributed by atoms with Crippen LogP contribution in [0.5, 0.6) is 0 Å². The fourth-order valence-corrected chi connectivity index (χ4v) is 9.45. The molecule has 0 aliphatic carbocycles. The van der Waals surface area contributed by atoms with Crippen molar-refractivity contribution in [3.63, 3.8) is 0 Å². The van der Waals surface area contributed by atoms with Gasteiger partial charge in [-0.2, -0.15) is 0 Å². The van der Waals surface area contributed by atoms with E-state index < -0.39 is 0 Å². The first kappa shape index (κ1) is 31.4. The van der Waals surface area contributed by atoms with E-state index in [0.29, 0.717) is 0 Å². The molecule has 4 nitrogen and oxygen atoms in total. The van der Waals surface area contributed by atoms with E-state index in [-0.39, 0.29) is 0 Å². The van der Waals surface area contributed by atoms with Crippen LogP contribution in [0.1, 0.15) is 0 Å². The van der Waals surface area contributed by atoms with Crippen molar-refractivity contribution in [2.24, 2.45) is 0 Å². The number of para-hydroxylation sites is 4. The number of furan rings is 2. The molecule has 9 aromatic carbocycles. The van der Waals surface area contributed by atoms with Gasteiger partial charge in [0.1, 0.15) is 22.3 Å². The van der Waals surface area contributed by atoms with Crippen LogP contribution < -0.4 is 0 Å². The SMILES string of the molecule is c1cc(-c2ccc3c(c2)oc2cc4c(cc23)oc2cc(-c3cccc(-n5c6ccccc6c6ccccc65)c3)ccc24)cc(-n2c3ccccc3c3ccccc32)c1. The van der Waals surface area contributed by atoms with Gasteiger partial charge in [0, 0.05) is 54.5 Å². The summed E-state index contributed by atoms with van der Waals surface area (Å²) in [6.07, 6.45) is 0. The molecule has 0 N–H and O–H groups in total. The van der Waals surface area contributed by atoms with Crippen molar-refractivity contribution in [1.29, 1.82) is 0 Å². The van der Waals surface area contributed by atoms with Gasteiger partial charge in [0.25, 0.3) is 0 Å². The van der Waals surface area contributed by atoms with Crippen LogP contribution in [0.4, 0.5) is 0 Å². The molecule has 0 atom stereocenters. The first-order valence-electron chi connectivity index (χ1n) is 19.7. The molecule has 0 saturated carbocycles. The predicted octanol–water partition coefficient (Wildman–Crippen LogP) is 15.0. The molecule has 13 rings (SSSR count). The number of aromatic nitrogens is 2. The summed E-state index contributed by atoms with van der Waals surface area (Å²) in [6.45, 7) is 0. The zero-order chi connectivity index (χ0) is 37.9. The molecular weight excluding hydrogens is 709 g/mol. The Bertz CT molecular complexity index is 3460. The van der Waals surface area contributed by atoms with Gasteiger partial charge in [-0.3, -0.25) is 0 Å². The van der Waals surface area contributed by atoms with E-state index in [9.17, 15) is 0 Å². The van der Waals surface area contributed by atoms with Gasteiger partial charge in [-0.05, 0) is 107 Å². The van der Waals surface area contributed by atoms with E-state index in [4.69, 9.17) is 8.83 Å². The molecule has 4 heterocycles. The second-order valence-electron chi connectivity index (χ2n) is 15.3. The Labute approximate surface area is 332 Å². The summed E-state index contributed by atoms with van der Waals surface area (Å²) >= 11 is 0. The van der Waals surface area contributed by atoms with Crippen LogP contribution in [0.25, 0.3) is 121 Å². The lowest BCUT2D eigenvalue weighted by atomic mass is 10.0. The molecule has 0 saturated heterocycles. The minimum atomic E-state index is 0.851. The van der Waals surface area contributed by atoms with Crippen LogP contribution in [0, 0.1) is 0 Å². The van der Waals surface area contributed by atoms with Gasteiger partial charge in [0.2, 0.25) is 0 Å². The van der Waals surface area contributed by atoms with Gasteiger partial charge in [-0.1, -0.05) is 109 Å². The highest BCUT2D eigenvalue weighted by Gasteiger charge is 2.17. The van der Waals surface area contributed by atoms with E-state index in [2.05, 4.69) is 203 Å². The molecule has 58 heavy (non-hydrogen) atoms. The fraction of sp³-hybridized carbons (Fsp3) is 0. The van der Waals surface area contributed by atoms with Crippen LogP contribution in [0.3, 0.4) is 0 Å². The summed E-state index contributed by atoms with van der Waals surface area (Å²) in [5.74, 6) is 0. The maximum absolute atomic E-state index is 6.61. The van der Waals surface area contributed by atoms with Crippen LogP contribution in [0.2, 0.25) is 0 Å². The van der Waals surface area contributed by atoms with Crippen molar-refractivity contribution in [3.05, 3.63) is 194 Å². The third kappa shape index (κ3) is 4.51. The third-order valence-electron chi connectivity index (χ3n) is 12.1. The number of fused-ring (bicyclic) bond motifs is 12. The average molecular weight is 741 g/mol. The van der Waals surface area contributed by atoms with Crippen LogP contribution >= 0.6 is 0 Å². The molecule has 0 bridgehead atoms. The minimum Gasteiger partial charge on any atom is -0.456 e. The lowest BCUT2D eigenvalue weighted by Crippen LogP contribution is -1.94. The molecule has 0 aliphatic heterocycles. The van der Waals surface area contributed by atoms with Crippen molar-refractivity contribution in [3.8, 4) is 33.6 Å². The summed E-state index contributed by atoms with van der Waals surface area (Å²) in [6, 6.07) is 69.5. The van der Waals surface area contributed by atoms with Crippen molar-refractivity contribution in [2.45, 2.75) is 0 Å². The van der Waals surface area contributed by atoms with Crippen molar-refractivity contribution in [2.75, 3.05) is 0 Å². The number of benzene rings is 9. The smallest absolute Gasteiger partial charge is 0.136 e. The van der Waals surface area contributed by atoms with Crippen LogP contribution in [-0.2, 0) is 0 Å².